The van der Waals surface area contributed by atoms with Crippen molar-refractivity contribution >= 4 is 21.6 Å². The van der Waals surface area contributed by atoms with Gasteiger partial charge in [0.1, 0.15) is 6.07 Å². The van der Waals surface area contributed by atoms with Crippen molar-refractivity contribution in [3.05, 3.63) is 28.2 Å². The van der Waals surface area contributed by atoms with Gasteiger partial charge in [-0.05, 0) is 24.6 Å². The Balaban J connectivity index is 2.90. The molecular weight excluding hydrogens is 254 g/mol. The summed E-state index contributed by atoms with van der Waals surface area (Å²) >= 11 is 3.33. The highest BCUT2D eigenvalue weighted by Gasteiger charge is 2.07. The van der Waals surface area contributed by atoms with Gasteiger partial charge in [0, 0.05) is 17.1 Å². The highest BCUT2D eigenvalue weighted by molar-refractivity contribution is 9.10. The molecule has 3 nitrogen and oxygen atoms in total. The van der Waals surface area contributed by atoms with Gasteiger partial charge in [-0.3, -0.25) is 0 Å². The topological polar surface area (TPSA) is 61.8 Å². The van der Waals surface area contributed by atoms with E-state index >= 15 is 0 Å². The Morgan fingerprint density at radius 3 is 2.87 bits per heavy atom. The molecule has 0 aromatic heterocycles. The van der Waals surface area contributed by atoms with Crippen molar-refractivity contribution in [3.63, 3.8) is 0 Å². The largest absolute Gasteiger partial charge is 0.380 e. The molecule has 1 aromatic carbocycles. The molecule has 15 heavy (non-hydrogen) atoms. The third kappa shape index (κ3) is 3.22. The first-order valence-corrected chi connectivity index (χ1v) is 5.66. The molecule has 1 unspecified atom stereocenters. The molecular formula is C11H14BrN3. The Morgan fingerprint density at radius 2 is 2.33 bits per heavy atom. The smallest absolute Gasteiger partial charge is 0.101 e. The average Bonchev–Trinajstić information content (AvgIpc) is 2.27. The summed E-state index contributed by atoms with van der Waals surface area (Å²) in [7, 11) is 0. The van der Waals surface area contributed by atoms with Crippen LogP contribution in [0.25, 0.3) is 0 Å². The zero-order chi connectivity index (χ0) is 11.3. The molecule has 80 valence electrons. The Bertz CT molecular complexity index is 367. The standard InChI is InChI=1S/C11H14BrN3/c1-2-10(7-14)15-11-4-3-9(12)5-8(11)6-13/h3-5,10,15H,2,7,14H2,1H3. The molecule has 3 N–H and O–H groups in total. The normalized spacial score (nSPS) is 11.9. The van der Waals surface area contributed by atoms with Crippen LogP contribution in [-0.2, 0) is 0 Å². The van der Waals surface area contributed by atoms with Gasteiger partial charge in [-0.15, -0.1) is 0 Å². The van der Waals surface area contributed by atoms with E-state index in [4.69, 9.17) is 11.0 Å². The van der Waals surface area contributed by atoms with Crippen LogP contribution in [0, 0.1) is 11.3 Å². The first kappa shape index (κ1) is 12.0. The van der Waals surface area contributed by atoms with Crippen molar-refractivity contribution in [1.82, 2.24) is 0 Å². The highest BCUT2D eigenvalue weighted by atomic mass is 79.9. The van der Waals surface area contributed by atoms with Crippen LogP contribution in [0.1, 0.15) is 18.9 Å². The van der Waals surface area contributed by atoms with Crippen LogP contribution >= 0.6 is 15.9 Å². The van der Waals surface area contributed by atoms with E-state index in [1.54, 1.807) is 6.07 Å². The first-order chi connectivity index (χ1) is 7.21. The maximum atomic E-state index is 8.96. The fourth-order valence-electron chi connectivity index (χ4n) is 1.28. The lowest BCUT2D eigenvalue weighted by molar-refractivity contribution is 0.703. The van der Waals surface area contributed by atoms with Crippen LogP contribution in [0.15, 0.2) is 22.7 Å². The van der Waals surface area contributed by atoms with E-state index in [0.717, 1.165) is 16.6 Å². The van der Waals surface area contributed by atoms with Crippen LogP contribution in [0.2, 0.25) is 0 Å². The van der Waals surface area contributed by atoms with Gasteiger partial charge in [-0.1, -0.05) is 22.9 Å². The van der Waals surface area contributed by atoms with Crippen LogP contribution in [0.3, 0.4) is 0 Å². The predicted octanol–water partition coefficient (Wildman–Crippen LogP) is 2.47. The number of nitrogens with one attached hydrogen (secondary N) is 1. The Kier molecular flexibility index (Phi) is 4.60. The fourth-order valence-corrected chi connectivity index (χ4v) is 1.64. The lowest BCUT2D eigenvalue weighted by atomic mass is 10.1. The van der Waals surface area contributed by atoms with Gasteiger partial charge in [0.2, 0.25) is 0 Å². The monoisotopic (exact) mass is 267 g/mol. The number of halogens is 1. The maximum Gasteiger partial charge on any atom is 0.101 e. The zero-order valence-electron chi connectivity index (χ0n) is 8.63. The summed E-state index contributed by atoms with van der Waals surface area (Å²) in [4.78, 5) is 0. The molecule has 0 spiro atoms. The molecule has 0 bridgehead atoms. The van der Waals surface area contributed by atoms with Crippen molar-refractivity contribution in [2.75, 3.05) is 11.9 Å². The number of nitriles is 1. The first-order valence-electron chi connectivity index (χ1n) is 4.87. The van der Waals surface area contributed by atoms with E-state index < -0.39 is 0 Å². The van der Waals surface area contributed by atoms with Crippen molar-refractivity contribution in [2.24, 2.45) is 5.73 Å². The Hall–Kier alpha value is -1.05. The summed E-state index contributed by atoms with van der Waals surface area (Å²) in [6.07, 6.45) is 0.942. The molecule has 0 aliphatic carbocycles. The van der Waals surface area contributed by atoms with Gasteiger partial charge in [0.15, 0.2) is 0 Å². The van der Waals surface area contributed by atoms with Gasteiger partial charge in [0.25, 0.3) is 0 Å². The van der Waals surface area contributed by atoms with Crippen LogP contribution in [-0.4, -0.2) is 12.6 Å². The molecule has 0 radical (unpaired) electrons. The van der Waals surface area contributed by atoms with Gasteiger partial charge in [-0.25, -0.2) is 0 Å². The molecule has 1 atom stereocenters. The molecule has 0 aliphatic heterocycles. The minimum atomic E-state index is 0.221. The molecule has 1 aromatic rings. The zero-order valence-corrected chi connectivity index (χ0v) is 10.2. The van der Waals surface area contributed by atoms with E-state index in [1.165, 1.54) is 0 Å². The summed E-state index contributed by atoms with van der Waals surface area (Å²) in [5, 5.41) is 12.2. The van der Waals surface area contributed by atoms with Gasteiger partial charge >= 0.3 is 0 Å². The van der Waals surface area contributed by atoms with Gasteiger partial charge in [0.05, 0.1) is 11.3 Å². The number of benzene rings is 1. The number of hydrogen-bond acceptors (Lipinski definition) is 3. The molecule has 1 rings (SSSR count). The highest BCUT2D eigenvalue weighted by Crippen LogP contribution is 2.21. The summed E-state index contributed by atoms with van der Waals surface area (Å²) in [5.74, 6) is 0. The molecule has 0 saturated heterocycles. The SMILES string of the molecule is CCC(CN)Nc1ccc(Br)cc1C#N. The molecule has 0 heterocycles. The maximum absolute atomic E-state index is 8.96. The summed E-state index contributed by atoms with van der Waals surface area (Å²) in [6, 6.07) is 7.97. The number of anilines is 1. The number of nitrogens with two attached hydrogens (primary N) is 1. The van der Waals surface area contributed by atoms with Crippen LogP contribution in [0.5, 0.6) is 0 Å². The van der Waals surface area contributed by atoms with Crippen molar-refractivity contribution in [3.8, 4) is 6.07 Å². The molecule has 0 aliphatic rings. The van der Waals surface area contributed by atoms with Crippen molar-refractivity contribution in [2.45, 2.75) is 19.4 Å². The van der Waals surface area contributed by atoms with Gasteiger partial charge < -0.3 is 11.1 Å². The second-order valence-electron chi connectivity index (χ2n) is 3.29. The molecule has 0 saturated carbocycles. The molecule has 0 fully saturated rings. The minimum Gasteiger partial charge on any atom is -0.380 e. The Labute approximate surface area is 98.4 Å². The van der Waals surface area contributed by atoms with E-state index in [2.05, 4.69) is 34.2 Å². The lowest BCUT2D eigenvalue weighted by Gasteiger charge is -2.17. The minimum absolute atomic E-state index is 0.221. The number of hydrogen-bond donors (Lipinski definition) is 2. The third-order valence-electron chi connectivity index (χ3n) is 2.24. The van der Waals surface area contributed by atoms with E-state index in [9.17, 15) is 0 Å². The number of rotatable bonds is 4. The molecule has 0 amide bonds. The predicted molar refractivity (Wildman–Crippen MR) is 65.6 cm³/mol. The van der Waals surface area contributed by atoms with Crippen molar-refractivity contribution < 1.29 is 0 Å². The van der Waals surface area contributed by atoms with Crippen LogP contribution < -0.4 is 11.1 Å². The van der Waals surface area contributed by atoms with E-state index in [1.807, 2.05) is 12.1 Å². The summed E-state index contributed by atoms with van der Waals surface area (Å²) < 4.78 is 0.908. The second-order valence-corrected chi connectivity index (χ2v) is 4.20. The van der Waals surface area contributed by atoms with Gasteiger partial charge in [-0.2, -0.15) is 5.26 Å². The van der Waals surface area contributed by atoms with Crippen LogP contribution in [0.4, 0.5) is 5.69 Å². The lowest BCUT2D eigenvalue weighted by Crippen LogP contribution is -2.28. The van der Waals surface area contributed by atoms with Crippen molar-refractivity contribution in [1.29, 1.82) is 5.26 Å². The fraction of sp³-hybridized carbons (Fsp3) is 0.364. The van der Waals surface area contributed by atoms with E-state index in [-0.39, 0.29) is 6.04 Å². The average molecular weight is 268 g/mol. The third-order valence-corrected chi connectivity index (χ3v) is 2.73. The number of nitrogens with zero attached hydrogens (tertiary/aromatic N) is 1. The summed E-state index contributed by atoms with van der Waals surface area (Å²) in [6.45, 7) is 2.63. The Morgan fingerprint density at radius 1 is 1.60 bits per heavy atom. The summed E-state index contributed by atoms with van der Waals surface area (Å²) in [5.41, 5.74) is 7.08. The quantitative estimate of drug-likeness (QED) is 0.881. The van der Waals surface area contributed by atoms with E-state index in [0.29, 0.717) is 12.1 Å². The second kappa shape index (κ2) is 5.74. The molecule has 4 heteroatoms.